The predicted octanol–water partition coefficient (Wildman–Crippen LogP) is 4.44. The highest BCUT2D eigenvalue weighted by molar-refractivity contribution is 6.53. The Balaban J connectivity index is 1.52. The number of nitrogens with zero attached hydrogens (tertiary/aromatic N) is 1. The first-order chi connectivity index (χ1) is 16.8. The van der Waals surface area contributed by atoms with Crippen molar-refractivity contribution >= 4 is 46.7 Å². The molecule has 0 spiro atoms. The summed E-state index contributed by atoms with van der Waals surface area (Å²) in [5, 5.41) is 2.49. The van der Waals surface area contributed by atoms with Crippen molar-refractivity contribution in [1.82, 2.24) is 0 Å². The van der Waals surface area contributed by atoms with E-state index in [9.17, 15) is 19.2 Å². The second kappa shape index (κ2) is 9.82. The number of halogens is 1. The van der Waals surface area contributed by atoms with Crippen molar-refractivity contribution in [3.63, 3.8) is 0 Å². The SMILES string of the molecule is COC(=O)c1ccccc1N1C(=O)C(Cl)=C(Nc2ccc(C(=O)Oc3ccccc3C)cc2)C1=O. The van der Waals surface area contributed by atoms with Gasteiger partial charge in [-0.1, -0.05) is 41.9 Å². The van der Waals surface area contributed by atoms with Gasteiger partial charge in [0.05, 0.1) is 23.9 Å². The zero-order valence-corrected chi connectivity index (χ0v) is 19.5. The maximum absolute atomic E-state index is 13.1. The maximum atomic E-state index is 13.1. The van der Waals surface area contributed by atoms with E-state index < -0.39 is 23.8 Å². The lowest BCUT2D eigenvalue weighted by Gasteiger charge is -2.17. The minimum atomic E-state index is -0.783. The molecular weight excluding hydrogens is 472 g/mol. The first kappa shape index (κ1) is 23.7. The third kappa shape index (κ3) is 4.64. The topological polar surface area (TPSA) is 102 Å². The van der Waals surface area contributed by atoms with Crippen LogP contribution in [0.15, 0.2) is 83.5 Å². The third-order valence-corrected chi connectivity index (χ3v) is 5.61. The fourth-order valence-corrected chi connectivity index (χ4v) is 3.66. The standard InChI is InChI=1S/C26H19ClN2O6/c1-15-7-3-6-10-20(15)35-25(32)16-11-13-17(14-12-16)28-22-21(27)23(30)29(24(22)31)19-9-5-4-8-18(19)26(33)34-2/h3-14,28H,1-2H3. The summed E-state index contributed by atoms with van der Waals surface area (Å²) in [4.78, 5) is 51.2. The van der Waals surface area contributed by atoms with Crippen LogP contribution in [0.25, 0.3) is 0 Å². The van der Waals surface area contributed by atoms with Gasteiger partial charge in [-0.15, -0.1) is 0 Å². The number of benzene rings is 3. The summed E-state index contributed by atoms with van der Waals surface area (Å²) < 4.78 is 10.2. The van der Waals surface area contributed by atoms with Crippen LogP contribution in [-0.4, -0.2) is 30.9 Å². The Hall–Kier alpha value is -4.43. The lowest BCUT2D eigenvalue weighted by molar-refractivity contribution is -0.120. The normalized spacial score (nSPS) is 13.2. The van der Waals surface area contributed by atoms with Crippen molar-refractivity contribution in [2.24, 2.45) is 0 Å². The van der Waals surface area contributed by atoms with Crippen LogP contribution in [0.4, 0.5) is 11.4 Å². The van der Waals surface area contributed by atoms with Crippen LogP contribution >= 0.6 is 11.6 Å². The molecule has 3 aromatic carbocycles. The lowest BCUT2D eigenvalue weighted by Crippen LogP contribution is -2.33. The van der Waals surface area contributed by atoms with Gasteiger partial charge in [0.1, 0.15) is 16.5 Å². The highest BCUT2D eigenvalue weighted by atomic mass is 35.5. The van der Waals surface area contributed by atoms with Crippen molar-refractivity contribution in [1.29, 1.82) is 0 Å². The molecule has 0 fully saturated rings. The average molecular weight is 491 g/mol. The number of hydrogen-bond acceptors (Lipinski definition) is 7. The molecule has 0 saturated heterocycles. The Kier molecular flexibility index (Phi) is 6.66. The van der Waals surface area contributed by atoms with Gasteiger partial charge in [0.15, 0.2) is 0 Å². The number of para-hydroxylation sites is 2. The van der Waals surface area contributed by atoms with Crippen LogP contribution in [0, 0.1) is 6.92 Å². The molecule has 2 amide bonds. The highest BCUT2D eigenvalue weighted by Crippen LogP contribution is 2.32. The Morgan fingerprint density at radius 1 is 0.857 bits per heavy atom. The zero-order chi connectivity index (χ0) is 25.1. The van der Waals surface area contributed by atoms with Crippen LogP contribution in [0.5, 0.6) is 5.75 Å². The van der Waals surface area contributed by atoms with E-state index in [0.717, 1.165) is 10.5 Å². The number of rotatable bonds is 6. The van der Waals surface area contributed by atoms with Crippen LogP contribution in [0.2, 0.25) is 0 Å². The minimum absolute atomic E-state index is 0.0407. The Morgan fingerprint density at radius 2 is 1.51 bits per heavy atom. The fraction of sp³-hybridized carbons (Fsp3) is 0.0769. The van der Waals surface area contributed by atoms with Crippen molar-refractivity contribution in [2.75, 3.05) is 17.3 Å². The molecule has 35 heavy (non-hydrogen) atoms. The predicted molar refractivity (Wildman–Crippen MR) is 129 cm³/mol. The van der Waals surface area contributed by atoms with Gasteiger partial charge in [-0.25, -0.2) is 14.5 Å². The van der Waals surface area contributed by atoms with E-state index in [2.05, 4.69) is 5.32 Å². The second-order valence-electron chi connectivity index (χ2n) is 7.50. The summed E-state index contributed by atoms with van der Waals surface area (Å²) in [5.41, 5.74) is 1.46. The van der Waals surface area contributed by atoms with Gasteiger partial charge in [-0.3, -0.25) is 9.59 Å². The summed E-state index contributed by atoms with van der Waals surface area (Å²) >= 11 is 6.19. The van der Waals surface area contributed by atoms with Crippen molar-refractivity contribution in [2.45, 2.75) is 6.92 Å². The molecule has 0 aliphatic carbocycles. The van der Waals surface area contributed by atoms with Gasteiger partial charge in [0.25, 0.3) is 11.8 Å². The number of esters is 2. The van der Waals surface area contributed by atoms with Gasteiger partial charge >= 0.3 is 11.9 Å². The molecule has 9 heteroatoms. The van der Waals surface area contributed by atoms with E-state index in [4.69, 9.17) is 21.1 Å². The molecule has 1 N–H and O–H groups in total. The molecule has 8 nitrogen and oxygen atoms in total. The number of hydrogen-bond donors (Lipinski definition) is 1. The number of carbonyl (C=O) groups is 4. The monoisotopic (exact) mass is 490 g/mol. The van der Waals surface area contributed by atoms with Crippen LogP contribution in [0.1, 0.15) is 26.3 Å². The number of anilines is 2. The summed E-state index contributed by atoms with van der Waals surface area (Å²) in [6.45, 7) is 1.83. The average Bonchev–Trinajstić information content (AvgIpc) is 3.08. The van der Waals surface area contributed by atoms with E-state index in [0.29, 0.717) is 17.0 Å². The van der Waals surface area contributed by atoms with Crippen LogP contribution < -0.4 is 15.0 Å². The summed E-state index contributed by atoms with van der Waals surface area (Å²) in [6, 6.07) is 19.3. The number of aryl methyl sites for hydroxylation is 1. The molecule has 1 aliphatic heterocycles. The second-order valence-corrected chi connectivity index (χ2v) is 7.88. The molecule has 0 bridgehead atoms. The van der Waals surface area contributed by atoms with Crippen molar-refractivity contribution in [3.8, 4) is 5.75 Å². The molecule has 1 heterocycles. The number of nitrogens with one attached hydrogen (secondary N) is 1. The fourth-order valence-electron chi connectivity index (χ4n) is 3.45. The number of ether oxygens (including phenoxy) is 2. The van der Waals surface area contributed by atoms with Crippen LogP contribution in [0.3, 0.4) is 0 Å². The maximum Gasteiger partial charge on any atom is 0.343 e. The summed E-state index contributed by atoms with van der Waals surface area (Å²) in [5.74, 6) is -2.31. The quantitative estimate of drug-likeness (QED) is 0.309. The summed E-state index contributed by atoms with van der Waals surface area (Å²) in [6.07, 6.45) is 0. The molecular formula is C26H19ClN2O6. The molecule has 176 valence electrons. The van der Waals surface area contributed by atoms with E-state index in [-0.39, 0.29) is 22.0 Å². The first-order valence-corrected chi connectivity index (χ1v) is 10.8. The number of imide groups is 1. The molecule has 0 aromatic heterocycles. The number of carbonyl (C=O) groups excluding carboxylic acids is 4. The Bertz CT molecular complexity index is 1380. The van der Waals surface area contributed by atoms with Gasteiger partial charge < -0.3 is 14.8 Å². The molecule has 0 atom stereocenters. The van der Waals surface area contributed by atoms with Gasteiger partial charge in [0.2, 0.25) is 0 Å². The third-order valence-electron chi connectivity index (χ3n) is 5.26. The van der Waals surface area contributed by atoms with E-state index in [1.54, 1.807) is 36.4 Å². The van der Waals surface area contributed by atoms with Crippen molar-refractivity contribution in [3.05, 3.63) is 100 Å². The van der Waals surface area contributed by atoms with E-state index in [1.807, 2.05) is 19.1 Å². The molecule has 0 saturated carbocycles. The number of amides is 2. The van der Waals surface area contributed by atoms with Crippen LogP contribution in [-0.2, 0) is 14.3 Å². The lowest BCUT2D eigenvalue weighted by atomic mass is 10.1. The van der Waals surface area contributed by atoms with Gasteiger partial charge in [-0.2, -0.15) is 0 Å². The minimum Gasteiger partial charge on any atom is -0.465 e. The van der Waals surface area contributed by atoms with Gasteiger partial charge in [-0.05, 0) is 55.0 Å². The van der Waals surface area contributed by atoms with Gasteiger partial charge in [0, 0.05) is 5.69 Å². The Labute approximate surface area is 205 Å². The first-order valence-electron chi connectivity index (χ1n) is 10.4. The molecule has 1 aliphatic rings. The molecule has 0 radical (unpaired) electrons. The van der Waals surface area contributed by atoms with Crippen molar-refractivity contribution < 1.29 is 28.7 Å². The number of methoxy groups -OCH3 is 1. The summed E-state index contributed by atoms with van der Waals surface area (Å²) in [7, 11) is 1.20. The smallest absolute Gasteiger partial charge is 0.343 e. The van der Waals surface area contributed by atoms with E-state index >= 15 is 0 Å². The highest BCUT2D eigenvalue weighted by Gasteiger charge is 2.40. The largest absolute Gasteiger partial charge is 0.465 e. The molecule has 4 rings (SSSR count). The molecule has 3 aromatic rings. The van der Waals surface area contributed by atoms with E-state index in [1.165, 1.54) is 31.4 Å². The Morgan fingerprint density at radius 3 is 2.20 bits per heavy atom. The molecule has 0 unspecified atom stereocenters. The zero-order valence-electron chi connectivity index (χ0n) is 18.7.